The van der Waals surface area contributed by atoms with Crippen LogP contribution in [0.2, 0.25) is 0 Å². The van der Waals surface area contributed by atoms with E-state index in [0.717, 1.165) is 26.2 Å². The van der Waals surface area contributed by atoms with Gasteiger partial charge in [-0.25, -0.2) is 0 Å². The number of nitrogens with zero attached hydrogens (tertiary/aromatic N) is 2. The molecule has 0 aromatic carbocycles. The number of nitriles is 2. The molecule has 84 valence electrons. The van der Waals surface area contributed by atoms with Gasteiger partial charge in [0.25, 0.3) is 0 Å². The van der Waals surface area contributed by atoms with Crippen LogP contribution < -0.4 is 10.6 Å². The Morgan fingerprint density at radius 3 is 1.67 bits per heavy atom. The molecule has 0 aliphatic carbocycles. The number of ether oxygens (including phenoxy) is 1. The molecule has 0 amide bonds. The van der Waals surface area contributed by atoms with Crippen molar-refractivity contribution in [2.24, 2.45) is 0 Å². The summed E-state index contributed by atoms with van der Waals surface area (Å²) < 4.78 is 5.30. The van der Waals surface area contributed by atoms with Crippen molar-refractivity contribution >= 4 is 0 Å². The van der Waals surface area contributed by atoms with Crippen LogP contribution in [-0.2, 0) is 4.74 Å². The molecular weight excluding hydrogens is 192 g/mol. The van der Waals surface area contributed by atoms with Crippen molar-refractivity contribution < 1.29 is 4.74 Å². The zero-order chi connectivity index (χ0) is 11.2. The molecular formula is C10H18N4O. The van der Waals surface area contributed by atoms with E-state index < -0.39 is 0 Å². The standard InChI is InChI=1S/C10H18N4O/c11-3-1-5-13-7-9-15-10-8-14-6-2-4-12/h13-14H,1-2,5-10H2. The molecule has 0 bridgehead atoms. The van der Waals surface area contributed by atoms with Gasteiger partial charge < -0.3 is 15.4 Å². The average Bonchev–Trinajstić information content (AvgIpc) is 2.26. The molecule has 0 rings (SSSR count). The fraction of sp³-hybridized carbons (Fsp3) is 0.800. The van der Waals surface area contributed by atoms with Gasteiger partial charge in [-0.3, -0.25) is 0 Å². The van der Waals surface area contributed by atoms with Crippen molar-refractivity contribution in [3.63, 3.8) is 0 Å². The molecule has 0 aliphatic heterocycles. The lowest BCUT2D eigenvalue weighted by Gasteiger charge is -2.05. The summed E-state index contributed by atoms with van der Waals surface area (Å²) in [5.74, 6) is 0. The fourth-order valence-corrected chi connectivity index (χ4v) is 0.929. The highest BCUT2D eigenvalue weighted by atomic mass is 16.5. The van der Waals surface area contributed by atoms with Gasteiger partial charge in [0.05, 0.1) is 25.4 Å². The molecule has 0 saturated heterocycles. The molecule has 5 nitrogen and oxygen atoms in total. The van der Waals surface area contributed by atoms with E-state index in [4.69, 9.17) is 15.3 Å². The minimum Gasteiger partial charge on any atom is -0.379 e. The Balaban J connectivity index is 2.88. The lowest BCUT2D eigenvalue weighted by molar-refractivity contribution is 0.138. The molecule has 0 aromatic rings. The number of nitrogens with one attached hydrogen (secondary N) is 2. The quantitative estimate of drug-likeness (QED) is 0.496. The van der Waals surface area contributed by atoms with E-state index in [-0.39, 0.29) is 0 Å². The van der Waals surface area contributed by atoms with Crippen LogP contribution in [0.25, 0.3) is 0 Å². The first-order valence-corrected chi connectivity index (χ1v) is 5.15. The van der Waals surface area contributed by atoms with Crippen molar-refractivity contribution in [1.29, 1.82) is 10.5 Å². The molecule has 0 saturated carbocycles. The van der Waals surface area contributed by atoms with Crippen LogP contribution in [0.15, 0.2) is 0 Å². The van der Waals surface area contributed by atoms with Gasteiger partial charge in [0.2, 0.25) is 0 Å². The summed E-state index contributed by atoms with van der Waals surface area (Å²) >= 11 is 0. The van der Waals surface area contributed by atoms with Gasteiger partial charge in [0, 0.05) is 39.0 Å². The van der Waals surface area contributed by atoms with Crippen molar-refractivity contribution in [3.8, 4) is 12.1 Å². The first kappa shape index (κ1) is 13.9. The molecule has 0 spiro atoms. The van der Waals surface area contributed by atoms with Gasteiger partial charge in [-0.15, -0.1) is 0 Å². The summed E-state index contributed by atoms with van der Waals surface area (Å²) in [6.45, 7) is 4.32. The molecule has 0 radical (unpaired) electrons. The molecule has 2 N–H and O–H groups in total. The van der Waals surface area contributed by atoms with E-state index >= 15 is 0 Å². The van der Waals surface area contributed by atoms with Crippen molar-refractivity contribution in [2.45, 2.75) is 12.8 Å². The highest BCUT2D eigenvalue weighted by Gasteiger charge is 1.89. The van der Waals surface area contributed by atoms with E-state index in [2.05, 4.69) is 22.8 Å². The normalized spacial score (nSPS) is 9.47. The summed E-state index contributed by atoms with van der Waals surface area (Å²) in [6, 6.07) is 4.12. The second-order valence-electron chi connectivity index (χ2n) is 2.93. The Labute approximate surface area is 91.0 Å². The second kappa shape index (κ2) is 12.9. The SMILES string of the molecule is N#CCCNCCOCCNCCC#N. The monoisotopic (exact) mass is 210 g/mol. The van der Waals surface area contributed by atoms with Gasteiger partial charge in [0.15, 0.2) is 0 Å². The van der Waals surface area contributed by atoms with E-state index in [1.54, 1.807) is 0 Å². The molecule has 15 heavy (non-hydrogen) atoms. The minimum absolute atomic E-state index is 0.537. The topological polar surface area (TPSA) is 80.9 Å². The van der Waals surface area contributed by atoms with Gasteiger partial charge in [-0.2, -0.15) is 10.5 Å². The molecule has 0 aromatic heterocycles. The summed E-state index contributed by atoms with van der Waals surface area (Å²) in [5.41, 5.74) is 0. The lowest BCUT2D eigenvalue weighted by atomic mass is 10.4. The van der Waals surface area contributed by atoms with Crippen molar-refractivity contribution in [2.75, 3.05) is 39.4 Å². The lowest BCUT2D eigenvalue weighted by Crippen LogP contribution is -2.24. The van der Waals surface area contributed by atoms with E-state index in [1.165, 1.54) is 0 Å². The Morgan fingerprint density at radius 1 is 0.800 bits per heavy atom. The van der Waals surface area contributed by atoms with E-state index in [1.807, 2.05) is 0 Å². The van der Waals surface area contributed by atoms with Crippen LogP contribution in [-0.4, -0.2) is 39.4 Å². The van der Waals surface area contributed by atoms with Crippen LogP contribution in [0.3, 0.4) is 0 Å². The summed E-state index contributed by atoms with van der Waals surface area (Å²) in [7, 11) is 0. The second-order valence-corrected chi connectivity index (χ2v) is 2.93. The first-order chi connectivity index (χ1) is 7.41. The summed E-state index contributed by atoms with van der Waals surface area (Å²) in [5, 5.41) is 22.7. The first-order valence-electron chi connectivity index (χ1n) is 5.15. The number of hydrogen-bond acceptors (Lipinski definition) is 5. The smallest absolute Gasteiger partial charge is 0.0635 e. The van der Waals surface area contributed by atoms with Crippen LogP contribution in [0.4, 0.5) is 0 Å². The number of hydrogen-bond donors (Lipinski definition) is 2. The molecule has 0 atom stereocenters. The Hall–Kier alpha value is -1.14. The highest BCUT2D eigenvalue weighted by Crippen LogP contribution is 1.75. The summed E-state index contributed by atoms with van der Waals surface area (Å²) in [4.78, 5) is 0. The zero-order valence-corrected chi connectivity index (χ0v) is 8.96. The maximum absolute atomic E-state index is 8.26. The third-order valence-electron chi connectivity index (χ3n) is 1.67. The Bertz CT molecular complexity index is 184. The van der Waals surface area contributed by atoms with Crippen LogP contribution >= 0.6 is 0 Å². The molecule has 0 unspecified atom stereocenters. The van der Waals surface area contributed by atoms with E-state index in [9.17, 15) is 0 Å². The minimum atomic E-state index is 0.537. The maximum Gasteiger partial charge on any atom is 0.0635 e. The van der Waals surface area contributed by atoms with Crippen LogP contribution in [0, 0.1) is 22.7 Å². The largest absolute Gasteiger partial charge is 0.379 e. The predicted octanol–water partition coefficient (Wildman–Crippen LogP) is 0.00956. The maximum atomic E-state index is 8.26. The predicted molar refractivity (Wildman–Crippen MR) is 57.0 cm³/mol. The average molecular weight is 210 g/mol. The Morgan fingerprint density at radius 2 is 1.27 bits per heavy atom. The zero-order valence-electron chi connectivity index (χ0n) is 8.96. The molecule has 5 heteroatoms. The summed E-state index contributed by atoms with van der Waals surface area (Å²) in [6.07, 6.45) is 1.07. The Kier molecular flexibility index (Phi) is 11.9. The van der Waals surface area contributed by atoms with Gasteiger partial charge >= 0.3 is 0 Å². The third-order valence-corrected chi connectivity index (χ3v) is 1.67. The fourth-order valence-electron chi connectivity index (χ4n) is 0.929. The van der Waals surface area contributed by atoms with Crippen LogP contribution in [0.5, 0.6) is 0 Å². The van der Waals surface area contributed by atoms with Crippen LogP contribution in [0.1, 0.15) is 12.8 Å². The molecule has 0 aliphatic rings. The van der Waals surface area contributed by atoms with Gasteiger partial charge in [-0.05, 0) is 0 Å². The van der Waals surface area contributed by atoms with Crippen molar-refractivity contribution in [1.82, 2.24) is 10.6 Å². The highest BCUT2D eigenvalue weighted by molar-refractivity contribution is 4.70. The van der Waals surface area contributed by atoms with E-state index in [0.29, 0.717) is 26.1 Å². The molecule has 0 fully saturated rings. The van der Waals surface area contributed by atoms with Gasteiger partial charge in [-0.1, -0.05) is 0 Å². The molecule has 0 heterocycles. The van der Waals surface area contributed by atoms with Crippen molar-refractivity contribution in [3.05, 3.63) is 0 Å². The van der Waals surface area contributed by atoms with Gasteiger partial charge in [0.1, 0.15) is 0 Å². The number of rotatable bonds is 10. The third kappa shape index (κ3) is 12.9.